The summed E-state index contributed by atoms with van der Waals surface area (Å²) in [6.07, 6.45) is 1.19. The summed E-state index contributed by atoms with van der Waals surface area (Å²) in [7, 11) is 1.82. The quantitative estimate of drug-likeness (QED) is 0.601. The molecule has 0 fully saturated rings. The minimum Gasteiger partial charge on any atom is -0.366 e. The fourth-order valence-corrected chi connectivity index (χ4v) is 3.38. The summed E-state index contributed by atoms with van der Waals surface area (Å²) in [5, 5.41) is 5.52. The van der Waals surface area contributed by atoms with E-state index in [1.807, 2.05) is 11.9 Å². The molecule has 8 nitrogen and oxygen atoms in total. The summed E-state index contributed by atoms with van der Waals surface area (Å²) >= 11 is 0. The topological polar surface area (TPSA) is 117 Å². The summed E-state index contributed by atoms with van der Waals surface area (Å²) in [5.41, 5.74) is 6.60. The van der Waals surface area contributed by atoms with Gasteiger partial charge in [0.1, 0.15) is 17.8 Å². The van der Waals surface area contributed by atoms with Gasteiger partial charge < -0.3 is 21.3 Å². The molecule has 0 saturated carbocycles. The first-order valence-corrected chi connectivity index (χ1v) is 9.34. The van der Waals surface area contributed by atoms with Gasteiger partial charge in [-0.2, -0.15) is 0 Å². The number of anilines is 2. The van der Waals surface area contributed by atoms with Crippen molar-refractivity contribution in [3.05, 3.63) is 88.9 Å². The van der Waals surface area contributed by atoms with Gasteiger partial charge in [0.05, 0.1) is 11.1 Å². The van der Waals surface area contributed by atoms with Crippen molar-refractivity contribution in [3.63, 3.8) is 0 Å². The molecule has 0 unspecified atom stereocenters. The Kier molecular flexibility index (Phi) is 5.08. The first-order valence-electron chi connectivity index (χ1n) is 9.34. The molecule has 0 aliphatic carbocycles. The number of fused-ring (bicyclic) bond motifs is 1. The average molecular weight is 419 g/mol. The molecule has 1 aromatic heterocycles. The van der Waals surface area contributed by atoms with Crippen LogP contribution in [0, 0.1) is 5.82 Å². The van der Waals surface area contributed by atoms with Gasteiger partial charge in [-0.1, -0.05) is 12.1 Å². The van der Waals surface area contributed by atoms with Crippen LogP contribution in [0.15, 0.2) is 60.8 Å². The van der Waals surface area contributed by atoms with Crippen LogP contribution < -0.4 is 21.3 Å². The number of nitrogens with zero attached hydrogens (tertiary/aromatic N) is 2. The van der Waals surface area contributed by atoms with Gasteiger partial charge >= 0.3 is 0 Å². The van der Waals surface area contributed by atoms with Crippen LogP contribution in [0.3, 0.4) is 0 Å². The number of benzene rings is 2. The van der Waals surface area contributed by atoms with Gasteiger partial charge in [0.25, 0.3) is 11.8 Å². The Bertz CT molecular complexity index is 1200. The van der Waals surface area contributed by atoms with E-state index in [2.05, 4.69) is 15.6 Å². The van der Waals surface area contributed by atoms with Crippen molar-refractivity contribution in [2.24, 2.45) is 5.73 Å². The Morgan fingerprint density at radius 2 is 1.90 bits per heavy atom. The van der Waals surface area contributed by atoms with Crippen LogP contribution in [-0.4, -0.2) is 29.8 Å². The Morgan fingerprint density at radius 1 is 1.16 bits per heavy atom. The minimum atomic E-state index is -0.844. The smallest absolute Gasteiger partial charge is 0.258 e. The third-order valence-corrected chi connectivity index (χ3v) is 5.00. The molecule has 0 bridgehead atoms. The molecule has 3 aromatic rings. The van der Waals surface area contributed by atoms with E-state index in [9.17, 15) is 18.8 Å². The van der Waals surface area contributed by atoms with Gasteiger partial charge in [-0.25, -0.2) is 9.37 Å². The number of rotatable bonds is 4. The first-order chi connectivity index (χ1) is 14.8. The normalized spacial score (nSPS) is 15.1. The molecule has 4 rings (SSSR count). The third kappa shape index (κ3) is 3.80. The van der Waals surface area contributed by atoms with Crippen molar-refractivity contribution >= 4 is 29.2 Å². The molecule has 4 N–H and O–H groups in total. The third-order valence-electron chi connectivity index (χ3n) is 5.00. The van der Waals surface area contributed by atoms with E-state index in [0.717, 1.165) is 11.6 Å². The summed E-state index contributed by atoms with van der Waals surface area (Å²) in [6.45, 7) is 0. The molecule has 0 radical (unpaired) electrons. The van der Waals surface area contributed by atoms with Crippen LogP contribution in [0.25, 0.3) is 0 Å². The number of carbonyl (C=O) groups is 3. The second-order valence-electron chi connectivity index (χ2n) is 7.00. The highest BCUT2D eigenvalue weighted by Crippen LogP contribution is 2.30. The Labute approximate surface area is 176 Å². The van der Waals surface area contributed by atoms with Gasteiger partial charge in [-0.05, 0) is 48.0 Å². The lowest BCUT2D eigenvalue weighted by Gasteiger charge is -2.35. The number of carbonyl (C=O) groups excluding carboxylic acids is 3. The largest absolute Gasteiger partial charge is 0.366 e. The fraction of sp³-hybridized carbons (Fsp3) is 0.0909. The van der Waals surface area contributed by atoms with Gasteiger partial charge in [0, 0.05) is 24.5 Å². The number of pyridine rings is 1. The van der Waals surface area contributed by atoms with E-state index >= 15 is 0 Å². The van der Waals surface area contributed by atoms with Crippen LogP contribution in [0.5, 0.6) is 0 Å². The predicted octanol–water partition coefficient (Wildman–Crippen LogP) is 2.45. The van der Waals surface area contributed by atoms with Crippen molar-refractivity contribution in [1.29, 1.82) is 0 Å². The molecule has 1 atom stereocenters. The maximum absolute atomic E-state index is 14.2. The van der Waals surface area contributed by atoms with Gasteiger partial charge in [0.2, 0.25) is 5.91 Å². The zero-order chi connectivity index (χ0) is 22.1. The number of halogens is 1. The lowest BCUT2D eigenvalue weighted by molar-refractivity contribution is 0.0926. The zero-order valence-electron chi connectivity index (χ0n) is 16.4. The van der Waals surface area contributed by atoms with Crippen molar-refractivity contribution < 1.29 is 18.8 Å². The van der Waals surface area contributed by atoms with Gasteiger partial charge in [-0.3, -0.25) is 14.4 Å². The van der Waals surface area contributed by atoms with E-state index in [1.165, 1.54) is 12.1 Å². The maximum atomic E-state index is 14.2. The van der Waals surface area contributed by atoms with E-state index in [1.54, 1.807) is 42.6 Å². The lowest BCUT2D eigenvalue weighted by atomic mass is 10.1. The number of nitrogens with one attached hydrogen (secondary N) is 2. The second-order valence-corrected chi connectivity index (χ2v) is 7.00. The fourth-order valence-electron chi connectivity index (χ4n) is 3.38. The molecule has 2 heterocycles. The number of hydrogen-bond donors (Lipinski definition) is 3. The maximum Gasteiger partial charge on any atom is 0.258 e. The van der Waals surface area contributed by atoms with Gasteiger partial charge in [-0.15, -0.1) is 0 Å². The molecule has 9 heteroatoms. The number of amides is 3. The summed E-state index contributed by atoms with van der Waals surface area (Å²) < 4.78 is 14.2. The molecule has 2 aromatic carbocycles. The number of aromatic nitrogens is 1. The first kappa shape index (κ1) is 20.0. The van der Waals surface area contributed by atoms with Crippen LogP contribution in [0.1, 0.15) is 42.8 Å². The average Bonchev–Trinajstić information content (AvgIpc) is 2.76. The molecule has 0 spiro atoms. The second kappa shape index (κ2) is 7.86. The van der Waals surface area contributed by atoms with Crippen LogP contribution >= 0.6 is 0 Å². The Hall–Kier alpha value is -4.27. The molecule has 1 aliphatic heterocycles. The molecule has 0 saturated heterocycles. The Morgan fingerprint density at radius 3 is 2.58 bits per heavy atom. The van der Waals surface area contributed by atoms with Crippen molar-refractivity contribution in [2.45, 2.75) is 6.17 Å². The Balaban J connectivity index is 1.51. The SMILES string of the molecule is CN1c2ncccc2C(=O)N[C@H]1c1ccc(NC(=O)c2ccc(C(N)=O)cc2F)cc1. The molecule has 31 heavy (non-hydrogen) atoms. The van der Waals surface area contributed by atoms with Crippen molar-refractivity contribution in [3.8, 4) is 0 Å². The molecule has 3 amide bonds. The molecule has 156 valence electrons. The molecule has 1 aliphatic rings. The van der Waals surface area contributed by atoms with Gasteiger partial charge in [0.15, 0.2) is 0 Å². The highest BCUT2D eigenvalue weighted by Gasteiger charge is 2.30. The summed E-state index contributed by atoms with van der Waals surface area (Å²) in [4.78, 5) is 42.0. The molecular formula is C22H18FN5O3. The van der Waals surface area contributed by atoms with E-state index < -0.39 is 23.8 Å². The standard InChI is InChI=1S/C22H18FN5O3/c1-28-19(27-22(31)16-3-2-10-25-20(16)28)12-4-7-14(8-5-12)26-21(30)15-9-6-13(18(24)29)11-17(15)23/h2-11,19H,1H3,(H2,24,29)(H,26,30)(H,27,31)/t19-/m1/s1. The minimum absolute atomic E-state index is 0.0203. The van der Waals surface area contributed by atoms with E-state index in [-0.39, 0.29) is 17.0 Å². The van der Waals surface area contributed by atoms with Crippen LogP contribution in [0.2, 0.25) is 0 Å². The van der Waals surface area contributed by atoms with Crippen molar-refractivity contribution in [2.75, 3.05) is 17.3 Å². The van der Waals surface area contributed by atoms with Crippen LogP contribution in [0.4, 0.5) is 15.9 Å². The highest BCUT2D eigenvalue weighted by molar-refractivity contribution is 6.05. The summed E-state index contributed by atoms with van der Waals surface area (Å²) in [6, 6.07) is 13.6. The summed E-state index contributed by atoms with van der Waals surface area (Å²) in [5.74, 6) is -1.94. The van der Waals surface area contributed by atoms with Crippen LogP contribution in [-0.2, 0) is 0 Å². The van der Waals surface area contributed by atoms with E-state index in [4.69, 9.17) is 5.73 Å². The lowest BCUT2D eigenvalue weighted by Crippen LogP contribution is -2.45. The van der Waals surface area contributed by atoms with E-state index in [0.29, 0.717) is 17.1 Å². The molecular weight excluding hydrogens is 401 g/mol. The number of primary amides is 1. The number of nitrogens with two attached hydrogens (primary N) is 1. The van der Waals surface area contributed by atoms with Crippen molar-refractivity contribution in [1.82, 2.24) is 10.3 Å². The zero-order valence-corrected chi connectivity index (χ0v) is 16.4. The highest BCUT2D eigenvalue weighted by atomic mass is 19.1. The number of hydrogen-bond acceptors (Lipinski definition) is 5. The predicted molar refractivity (Wildman–Crippen MR) is 112 cm³/mol. The monoisotopic (exact) mass is 419 g/mol.